The van der Waals surface area contributed by atoms with E-state index in [0.717, 1.165) is 44.3 Å². The number of carbonyl (C=O) groups excluding carboxylic acids is 1. The van der Waals surface area contributed by atoms with Crippen LogP contribution >= 0.6 is 0 Å². The minimum Gasteiger partial charge on any atom is -0.496 e. The first kappa shape index (κ1) is 32.0. The molecule has 1 aliphatic rings. The Hall–Kier alpha value is -4.45. The lowest BCUT2D eigenvalue weighted by Gasteiger charge is -2.32. The van der Waals surface area contributed by atoms with Crippen LogP contribution in [-0.4, -0.2) is 51.7 Å². The van der Waals surface area contributed by atoms with Crippen molar-refractivity contribution in [3.63, 3.8) is 0 Å². The first-order valence-electron chi connectivity index (χ1n) is 14.7. The fourth-order valence-corrected chi connectivity index (χ4v) is 5.85. The highest BCUT2D eigenvalue weighted by molar-refractivity contribution is 7.92. The number of methoxy groups -OCH3 is 1. The summed E-state index contributed by atoms with van der Waals surface area (Å²) in [7, 11) is -1.76. The fourth-order valence-electron chi connectivity index (χ4n) is 5.29. The number of piperidine rings is 1. The number of amides is 1. The minimum atomic E-state index is -3.32. The van der Waals surface area contributed by atoms with Crippen LogP contribution in [0.4, 0.5) is 15.8 Å². The third-order valence-electron chi connectivity index (χ3n) is 7.54. The van der Waals surface area contributed by atoms with Gasteiger partial charge in [0.15, 0.2) is 0 Å². The summed E-state index contributed by atoms with van der Waals surface area (Å²) in [5, 5.41) is 6.44. The van der Waals surface area contributed by atoms with E-state index >= 15 is 0 Å². The maximum absolute atomic E-state index is 13.2. The number of likely N-dealkylation sites (tertiary alicyclic amines) is 1. The van der Waals surface area contributed by atoms with Gasteiger partial charge in [-0.1, -0.05) is 24.3 Å². The van der Waals surface area contributed by atoms with Crippen LogP contribution in [0.2, 0.25) is 0 Å². The lowest BCUT2D eigenvalue weighted by atomic mass is 10.0. The monoisotopic (exact) mass is 632 g/mol. The fraction of sp³-hybridized carbons (Fsp3) is 0.265. The number of benzene rings is 4. The average molecular weight is 633 g/mol. The topological polar surface area (TPSA) is 109 Å². The molecular formula is C34H37FN4O5S. The van der Waals surface area contributed by atoms with Gasteiger partial charge in [-0.15, -0.1) is 0 Å². The molecule has 11 heteroatoms. The second-order valence-electron chi connectivity index (χ2n) is 11.0. The lowest BCUT2D eigenvalue weighted by molar-refractivity contribution is 0.102. The first-order valence-corrected chi connectivity index (χ1v) is 16.6. The Morgan fingerprint density at radius 2 is 1.51 bits per heavy atom. The molecule has 1 fully saturated rings. The second kappa shape index (κ2) is 14.6. The standard InChI is InChI=1S/C34H37FN4O5S/c1-43-33-25(4-3-5-32(33)34(40)37-28-10-8-26(35)9-11-28)22-36-27-18-20-39(21-19-27)23-24-6-14-30(15-7-24)44-31-16-12-29(13-17-31)38-45(2,41)42/h3-17,27,36,38H,18-23H2,1-2H3,(H,37,40). The van der Waals surface area contributed by atoms with E-state index in [1.807, 2.05) is 24.3 Å². The van der Waals surface area contributed by atoms with E-state index in [0.29, 0.717) is 46.8 Å². The number of hydrogen-bond acceptors (Lipinski definition) is 7. The molecule has 1 heterocycles. The Morgan fingerprint density at radius 1 is 0.889 bits per heavy atom. The van der Waals surface area contributed by atoms with Crippen molar-refractivity contribution in [2.75, 3.05) is 36.5 Å². The molecule has 5 rings (SSSR count). The third-order valence-corrected chi connectivity index (χ3v) is 8.15. The zero-order chi connectivity index (χ0) is 31.8. The highest BCUT2D eigenvalue weighted by Gasteiger charge is 2.21. The zero-order valence-corrected chi connectivity index (χ0v) is 26.1. The Kier molecular flexibility index (Phi) is 10.3. The molecule has 4 aromatic carbocycles. The molecule has 3 N–H and O–H groups in total. The van der Waals surface area contributed by atoms with E-state index < -0.39 is 10.0 Å². The molecule has 1 saturated heterocycles. The molecule has 0 aliphatic carbocycles. The van der Waals surface area contributed by atoms with Crippen molar-refractivity contribution in [3.05, 3.63) is 114 Å². The van der Waals surface area contributed by atoms with Gasteiger partial charge in [-0.25, -0.2) is 12.8 Å². The van der Waals surface area contributed by atoms with Crippen LogP contribution in [0.25, 0.3) is 0 Å². The van der Waals surface area contributed by atoms with Crippen LogP contribution in [0.1, 0.15) is 34.3 Å². The summed E-state index contributed by atoms with van der Waals surface area (Å²) >= 11 is 0. The molecule has 0 bridgehead atoms. The smallest absolute Gasteiger partial charge is 0.259 e. The van der Waals surface area contributed by atoms with Gasteiger partial charge in [-0.2, -0.15) is 0 Å². The van der Waals surface area contributed by atoms with Crippen LogP contribution < -0.4 is 24.8 Å². The van der Waals surface area contributed by atoms with Crippen LogP contribution in [0.15, 0.2) is 91.0 Å². The molecule has 0 spiro atoms. The first-order chi connectivity index (χ1) is 21.6. The Balaban J connectivity index is 1.08. The quantitative estimate of drug-likeness (QED) is 0.176. The van der Waals surface area contributed by atoms with Gasteiger partial charge < -0.3 is 20.1 Å². The van der Waals surface area contributed by atoms with Gasteiger partial charge in [0.05, 0.1) is 18.9 Å². The summed E-state index contributed by atoms with van der Waals surface area (Å²) in [6.07, 6.45) is 3.11. The number of rotatable bonds is 12. The Bertz CT molecular complexity index is 1690. The molecule has 0 aromatic heterocycles. The molecule has 4 aromatic rings. The van der Waals surface area contributed by atoms with E-state index in [1.54, 1.807) is 37.4 Å². The van der Waals surface area contributed by atoms with Gasteiger partial charge in [0.1, 0.15) is 23.1 Å². The van der Waals surface area contributed by atoms with Crippen LogP contribution in [0, 0.1) is 5.82 Å². The number of nitrogens with one attached hydrogen (secondary N) is 3. The molecular weight excluding hydrogens is 595 g/mol. The number of anilines is 2. The SMILES string of the molecule is COc1c(CNC2CCN(Cc3ccc(Oc4ccc(NS(C)(=O)=O)cc4)cc3)CC2)cccc1C(=O)Nc1ccc(F)cc1. The molecule has 45 heavy (non-hydrogen) atoms. The van der Waals surface area contributed by atoms with Gasteiger partial charge in [-0.3, -0.25) is 14.4 Å². The molecule has 0 saturated carbocycles. The largest absolute Gasteiger partial charge is 0.496 e. The molecule has 1 amide bonds. The van der Waals surface area contributed by atoms with Crippen molar-refractivity contribution in [2.24, 2.45) is 0 Å². The highest BCUT2D eigenvalue weighted by Crippen LogP contribution is 2.27. The second-order valence-corrected chi connectivity index (χ2v) is 12.8. The number of para-hydroxylation sites is 1. The maximum atomic E-state index is 13.2. The molecule has 9 nitrogen and oxygen atoms in total. The highest BCUT2D eigenvalue weighted by atomic mass is 32.2. The predicted molar refractivity (Wildman–Crippen MR) is 174 cm³/mol. The van der Waals surface area contributed by atoms with Gasteiger partial charge >= 0.3 is 0 Å². The normalized spacial score (nSPS) is 14.1. The molecule has 236 valence electrons. The van der Waals surface area contributed by atoms with Crippen molar-refractivity contribution in [3.8, 4) is 17.2 Å². The van der Waals surface area contributed by atoms with E-state index in [9.17, 15) is 17.6 Å². The number of carbonyl (C=O) groups is 1. The number of halogens is 1. The number of nitrogens with zero attached hydrogens (tertiary/aromatic N) is 1. The zero-order valence-electron chi connectivity index (χ0n) is 25.3. The molecule has 0 unspecified atom stereocenters. The summed E-state index contributed by atoms with van der Waals surface area (Å²) in [6.45, 7) is 3.34. The Morgan fingerprint density at radius 3 is 2.13 bits per heavy atom. The van der Waals surface area contributed by atoms with Crippen LogP contribution in [-0.2, 0) is 23.1 Å². The van der Waals surface area contributed by atoms with Crippen molar-refractivity contribution in [1.82, 2.24) is 10.2 Å². The van der Waals surface area contributed by atoms with Gasteiger partial charge in [-0.05, 0) is 98.2 Å². The van der Waals surface area contributed by atoms with Crippen molar-refractivity contribution in [2.45, 2.75) is 32.0 Å². The third kappa shape index (κ3) is 9.27. The van der Waals surface area contributed by atoms with Crippen molar-refractivity contribution >= 4 is 27.3 Å². The number of hydrogen-bond donors (Lipinski definition) is 3. The van der Waals surface area contributed by atoms with E-state index in [1.165, 1.54) is 29.8 Å². The molecule has 0 radical (unpaired) electrons. The predicted octanol–water partition coefficient (Wildman–Crippen LogP) is 6.00. The van der Waals surface area contributed by atoms with Crippen LogP contribution in [0.5, 0.6) is 17.2 Å². The molecule has 1 aliphatic heterocycles. The average Bonchev–Trinajstić information content (AvgIpc) is 3.03. The van der Waals surface area contributed by atoms with Gasteiger partial charge in [0.25, 0.3) is 5.91 Å². The van der Waals surface area contributed by atoms with E-state index in [2.05, 4.69) is 32.4 Å². The summed E-state index contributed by atoms with van der Waals surface area (Å²) in [4.78, 5) is 15.4. The summed E-state index contributed by atoms with van der Waals surface area (Å²) in [5.41, 5.74) is 3.51. The molecule has 0 atom stereocenters. The van der Waals surface area contributed by atoms with E-state index in [4.69, 9.17) is 9.47 Å². The van der Waals surface area contributed by atoms with E-state index in [-0.39, 0.29) is 11.7 Å². The Labute approximate surface area is 263 Å². The van der Waals surface area contributed by atoms with Gasteiger partial charge in [0, 0.05) is 36.1 Å². The van der Waals surface area contributed by atoms with Crippen molar-refractivity contribution < 1.29 is 27.1 Å². The number of ether oxygens (including phenoxy) is 2. The summed E-state index contributed by atoms with van der Waals surface area (Å²) in [6, 6.07) is 26.3. The van der Waals surface area contributed by atoms with Crippen LogP contribution in [0.3, 0.4) is 0 Å². The minimum absolute atomic E-state index is 0.314. The van der Waals surface area contributed by atoms with Crippen molar-refractivity contribution in [1.29, 1.82) is 0 Å². The lowest BCUT2D eigenvalue weighted by Crippen LogP contribution is -2.41. The number of sulfonamides is 1. The summed E-state index contributed by atoms with van der Waals surface area (Å²) in [5.74, 6) is 1.17. The maximum Gasteiger partial charge on any atom is 0.259 e. The van der Waals surface area contributed by atoms with Gasteiger partial charge in [0.2, 0.25) is 10.0 Å². The summed E-state index contributed by atoms with van der Waals surface area (Å²) < 4.78 is 50.0.